The number of aryl methyl sites for hydroxylation is 1. The molecule has 5 heteroatoms. The molecule has 0 saturated heterocycles. The zero-order valence-electron chi connectivity index (χ0n) is 17.1. The fourth-order valence-electron chi connectivity index (χ4n) is 3.45. The Morgan fingerprint density at radius 3 is 2.43 bits per heavy atom. The predicted molar refractivity (Wildman–Crippen MR) is 121 cm³/mol. The van der Waals surface area contributed by atoms with E-state index >= 15 is 0 Å². The van der Waals surface area contributed by atoms with E-state index in [1.54, 1.807) is 14.2 Å². The lowest BCUT2D eigenvalue weighted by atomic mass is 10.0. The Bertz CT molecular complexity index is 1210. The molecule has 0 bridgehead atoms. The van der Waals surface area contributed by atoms with Gasteiger partial charge in [0, 0.05) is 27.6 Å². The van der Waals surface area contributed by atoms with Crippen LogP contribution >= 0.6 is 11.6 Å². The van der Waals surface area contributed by atoms with Crippen LogP contribution in [0.15, 0.2) is 66.7 Å². The zero-order valence-corrected chi connectivity index (χ0v) is 17.9. The van der Waals surface area contributed by atoms with Crippen molar-refractivity contribution in [2.75, 3.05) is 14.2 Å². The molecule has 0 atom stereocenters. The summed E-state index contributed by atoms with van der Waals surface area (Å²) in [4.78, 5) is 4.97. The molecule has 1 aromatic heterocycles. The van der Waals surface area contributed by atoms with Gasteiger partial charge in [-0.1, -0.05) is 48.0 Å². The van der Waals surface area contributed by atoms with Crippen molar-refractivity contribution in [3.63, 3.8) is 0 Å². The smallest absolute Gasteiger partial charge is 0.164 e. The van der Waals surface area contributed by atoms with Crippen LogP contribution in [0.3, 0.4) is 0 Å². The Kier molecular flexibility index (Phi) is 5.77. The topological polar surface area (TPSA) is 40.6 Å². The summed E-state index contributed by atoms with van der Waals surface area (Å²) in [5.74, 6) is 1.96. The molecule has 3 aromatic carbocycles. The quantitative estimate of drug-likeness (QED) is 0.359. The van der Waals surface area contributed by atoms with Gasteiger partial charge in [-0.05, 0) is 36.8 Å². The van der Waals surface area contributed by atoms with Gasteiger partial charge in [0.2, 0.25) is 0 Å². The molecule has 0 spiro atoms. The van der Waals surface area contributed by atoms with Crippen LogP contribution in [0.2, 0.25) is 5.02 Å². The number of ether oxygens (including phenoxy) is 3. The summed E-state index contributed by atoms with van der Waals surface area (Å²) in [6.07, 6.45) is 0. The van der Waals surface area contributed by atoms with E-state index in [2.05, 4.69) is 25.1 Å². The van der Waals surface area contributed by atoms with Gasteiger partial charge in [0.15, 0.2) is 11.5 Å². The number of hydrogen-bond donors (Lipinski definition) is 0. The molecule has 152 valence electrons. The summed E-state index contributed by atoms with van der Waals surface area (Å²) in [5, 5.41) is 1.72. The van der Waals surface area contributed by atoms with Crippen molar-refractivity contribution in [1.29, 1.82) is 0 Å². The van der Waals surface area contributed by atoms with E-state index in [1.807, 2.05) is 48.5 Å². The maximum Gasteiger partial charge on any atom is 0.164 e. The summed E-state index contributed by atoms with van der Waals surface area (Å²) < 4.78 is 16.8. The lowest BCUT2D eigenvalue weighted by Crippen LogP contribution is -2.02. The van der Waals surface area contributed by atoms with Crippen molar-refractivity contribution in [3.05, 3.63) is 82.9 Å². The molecule has 0 amide bonds. The van der Waals surface area contributed by atoms with E-state index < -0.39 is 0 Å². The average molecular weight is 420 g/mol. The molecule has 4 nitrogen and oxygen atoms in total. The number of methoxy groups -OCH3 is 2. The number of aromatic nitrogens is 1. The van der Waals surface area contributed by atoms with Gasteiger partial charge in [-0.15, -0.1) is 0 Å². The molecule has 0 radical (unpaired) electrons. The van der Waals surface area contributed by atoms with Crippen LogP contribution in [0.25, 0.3) is 22.2 Å². The van der Waals surface area contributed by atoms with E-state index in [0.717, 1.165) is 33.3 Å². The third-order valence-electron chi connectivity index (χ3n) is 5.00. The largest absolute Gasteiger partial charge is 0.493 e. The first-order valence-electron chi connectivity index (χ1n) is 9.59. The number of rotatable bonds is 6. The standard InChI is InChI=1S/C25H22ClNO3/c1-16-7-6-8-17-13-18(15-30-19-11-12-22(28-2)23(14-19)29-3)25(27-24(16)17)20-9-4-5-10-21(20)26/h4-14H,15H2,1-3H3. The average Bonchev–Trinajstić information content (AvgIpc) is 2.77. The van der Waals surface area contributed by atoms with E-state index in [1.165, 1.54) is 0 Å². The Hall–Kier alpha value is -3.24. The molecule has 0 aliphatic heterocycles. The molecule has 0 unspecified atom stereocenters. The Morgan fingerprint density at radius 2 is 1.67 bits per heavy atom. The Labute approximate surface area is 181 Å². The highest BCUT2D eigenvalue weighted by Crippen LogP contribution is 2.34. The lowest BCUT2D eigenvalue weighted by molar-refractivity contribution is 0.300. The van der Waals surface area contributed by atoms with Crippen molar-refractivity contribution < 1.29 is 14.2 Å². The van der Waals surface area contributed by atoms with Crippen molar-refractivity contribution in [1.82, 2.24) is 4.98 Å². The van der Waals surface area contributed by atoms with Crippen molar-refractivity contribution in [2.24, 2.45) is 0 Å². The minimum atomic E-state index is 0.340. The highest BCUT2D eigenvalue weighted by Gasteiger charge is 2.14. The number of pyridine rings is 1. The van der Waals surface area contributed by atoms with Crippen LogP contribution in [0, 0.1) is 6.92 Å². The fourth-order valence-corrected chi connectivity index (χ4v) is 3.68. The number of nitrogens with zero attached hydrogens (tertiary/aromatic N) is 1. The van der Waals surface area contributed by atoms with E-state index in [0.29, 0.717) is 28.9 Å². The van der Waals surface area contributed by atoms with E-state index in [-0.39, 0.29) is 0 Å². The second-order valence-electron chi connectivity index (χ2n) is 6.93. The molecule has 0 N–H and O–H groups in total. The number of halogens is 1. The van der Waals surface area contributed by atoms with Crippen LogP contribution < -0.4 is 14.2 Å². The molecule has 0 fully saturated rings. The van der Waals surface area contributed by atoms with Gasteiger partial charge in [-0.3, -0.25) is 0 Å². The van der Waals surface area contributed by atoms with Gasteiger partial charge in [0.05, 0.1) is 25.4 Å². The third-order valence-corrected chi connectivity index (χ3v) is 5.33. The summed E-state index contributed by atoms with van der Waals surface area (Å²) >= 11 is 6.50. The minimum Gasteiger partial charge on any atom is -0.493 e. The Morgan fingerprint density at radius 1 is 0.867 bits per heavy atom. The lowest BCUT2D eigenvalue weighted by Gasteiger charge is -2.15. The van der Waals surface area contributed by atoms with Crippen LogP contribution in [-0.4, -0.2) is 19.2 Å². The van der Waals surface area contributed by atoms with Crippen molar-refractivity contribution in [3.8, 4) is 28.5 Å². The van der Waals surface area contributed by atoms with Gasteiger partial charge in [-0.25, -0.2) is 4.98 Å². The molecular formula is C25H22ClNO3. The Balaban J connectivity index is 1.76. The zero-order chi connectivity index (χ0) is 21.1. The van der Waals surface area contributed by atoms with Crippen LogP contribution in [0.1, 0.15) is 11.1 Å². The molecule has 0 aliphatic rings. The van der Waals surface area contributed by atoms with Crippen LogP contribution in [0.4, 0.5) is 0 Å². The second kappa shape index (κ2) is 8.64. The summed E-state index contributed by atoms with van der Waals surface area (Å²) in [6.45, 7) is 2.40. The van der Waals surface area contributed by atoms with Gasteiger partial charge in [-0.2, -0.15) is 0 Å². The highest BCUT2D eigenvalue weighted by molar-refractivity contribution is 6.33. The highest BCUT2D eigenvalue weighted by atomic mass is 35.5. The van der Waals surface area contributed by atoms with Gasteiger partial charge < -0.3 is 14.2 Å². The first-order valence-corrected chi connectivity index (χ1v) is 9.97. The summed E-state index contributed by atoms with van der Waals surface area (Å²) in [7, 11) is 3.21. The van der Waals surface area contributed by atoms with E-state index in [4.69, 9.17) is 30.8 Å². The molecular weight excluding hydrogens is 398 g/mol. The van der Waals surface area contributed by atoms with Crippen molar-refractivity contribution >= 4 is 22.5 Å². The molecule has 1 heterocycles. The van der Waals surface area contributed by atoms with Gasteiger partial charge >= 0.3 is 0 Å². The number of fused-ring (bicyclic) bond motifs is 1. The van der Waals surface area contributed by atoms with Crippen LogP contribution in [-0.2, 0) is 6.61 Å². The molecule has 0 aliphatic carbocycles. The normalized spacial score (nSPS) is 10.8. The first kappa shape index (κ1) is 20.0. The number of benzene rings is 3. The second-order valence-corrected chi connectivity index (χ2v) is 7.34. The minimum absolute atomic E-state index is 0.340. The van der Waals surface area contributed by atoms with Crippen molar-refractivity contribution in [2.45, 2.75) is 13.5 Å². The van der Waals surface area contributed by atoms with E-state index in [9.17, 15) is 0 Å². The third kappa shape index (κ3) is 3.91. The summed E-state index contributed by atoms with van der Waals surface area (Å²) in [5.41, 5.74) is 4.74. The molecule has 4 aromatic rings. The maximum atomic E-state index is 6.50. The molecule has 4 rings (SSSR count). The van der Waals surface area contributed by atoms with Crippen LogP contribution in [0.5, 0.6) is 17.2 Å². The van der Waals surface area contributed by atoms with Gasteiger partial charge in [0.25, 0.3) is 0 Å². The predicted octanol–water partition coefficient (Wildman–Crippen LogP) is 6.46. The number of hydrogen-bond acceptors (Lipinski definition) is 4. The van der Waals surface area contributed by atoms with Gasteiger partial charge in [0.1, 0.15) is 12.4 Å². The molecule has 0 saturated carbocycles. The molecule has 30 heavy (non-hydrogen) atoms. The SMILES string of the molecule is COc1ccc(OCc2cc3cccc(C)c3nc2-c2ccccc2Cl)cc1OC. The number of para-hydroxylation sites is 1. The maximum absolute atomic E-state index is 6.50. The summed E-state index contributed by atoms with van der Waals surface area (Å²) in [6, 6.07) is 21.5. The monoisotopic (exact) mass is 419 g/mol. The first-order chi connectivity index (χ1) is 14.6. The fraction of sp³-hybridized carbons (Fsp3) is 0.160.